The minimum atomic E-state index is -0.132. The highest BCUT2D eigenvalue weighted by molar-refractivity contribution is 6.30. The summed E-state index contributed by atoms with van der Waals surface area (Å²) in [6, 6.07) is 6.83. The number of amides is 1. The number of carbonyl (C=O) groups excluding carboxylic acids is 1. The topological polar surface area (TPSA) is 49.3 Å². The van der Waals surface area contributed by atoms with Gasteiger partial charge in [-0.05, 0) is 30.5 Å². The number of aliphatic hydroxyl groups excluding tert-OH is 1. The molecule has 1 atom stereocenters. The van der Waals surface area contributed by atoms with Crippen molar-refractivity contribution in [1.82, 2.24) is 5.32 Å². The molecule has 3 nitrogen and oxygen atoms in total. The second-order valence-corrected chi connectivity index (χ2v) is 4.27. The van der Waals surface area contributed by atoms with Crippen LogP contribution >= 0.6 is 11.6 Å². The Morgan fingerprint density at radius 2 is 2.31 bits per heavy atom. The molecule has 0 radical (unpaired) electrons. The van der Waals surface area contributed by atoms with E-state index >= 15 is 0 Å². The second kappa shape index (κ2) is 6.51. The zero-order chi connectivity index (χ0) is 12.0. The molecule has 0 spiro atoms. The van der Waals surface area contributed by atoms with Gasteiger partial charge in [0, 0.05) is 23.7 Å². The lowest BCUT2D eigenvalue weighted by atomic mass is 10.1. The predicted octanol–water partition coefficient (Wildman–Crippen LogP) is 2.09. The fraction of sp³-hybridized carbons (Fsp3) is 0.417. The lowest BCUT2D eigenvalue weighted by molar-refractivity contribution is 0.0945. The normalized spacial score (nSPS) is 12.2. The quantitative estimate of drug-likeness (QED) is 0.829. The first-order chi connectivity index (χ1) is 7.63. The number of carbonyl (C=O) groups is 1. The maximum atomic E-state index is 11.7. The van der Waals surface area contributed by atoms with Crippen LogP contribution in [0.2, 0.25) is 5.02 Å². The van der Waals surface area contributed by atoms with E-state index in [0.717, 1.165) is 0 Å². The lowest BCUT2D eigenvalue weighted by Crippen LogP contribution is -2.28. The Labute approximate surface area is 100 Å². The van der Waals surface area contributed by atoms with Gasteiger partial charge in [0.2, 0.25) is 0 Å². The molecule has 0 saturated heterocycles. The standard InChI is InChI=1S/C12H16ClNO2/c1-9(5-6-15)8-14-12(16)10-3-2-4-11(13)7-10/h2-4,7,9,15H,5-6,8H2,1H3,(H,14,16)/t9-/m0/s1. The van der Waals surface area contributed by atoms with E-state index in [9.17, 15) is 4.79 Å². The Morgan fingerprint density at radius 3 is 2.94 bits per heavy atom. The Hall–Kier alpha value is -1.06. The van der Waals surface area contributed by atoms with Crippen molar-refractivity contribution in [2.75, 3.05) is 13.2 Å². The third-order valence-electron chi connectivity index (χ3n) is 2.32. The molecule has 0 aliphatic carbocycles. The van der Waals surface area contributed by atoms with E-state index in [1.807, 2.05) is 6.92 Å². The van der Waals surface area contributed by atoms with Crippen LogP contribution in [0, 0.1) is 5.92 Å². The molecule has 2 N–H and O–H groups in total. The van der Waals surface area contributed by atoms with E-state index in [1.165, 1.54) is 0 Å². The van der Waals surface area contributed by atoms with Crippen molar-refractivity contribution in [3.05, 3.63) is 34.9 Å². The largest absolute Gasteiger partial charge is 0.396 e. The van der Waals surface area contributed by atoms with Crippen molar-refractivity contribution in [2.24, 2.45) is 5.92 Å². The number of hydrogen-bond acceptors (Lipinski definition) is 2. The van der Waals surface area contributed by atoms with E-state index in [4.69, 9.17) is 16.7 Å². The zero-order valence-electron chi connectivity index (χ0n) is 9.24. The van der Waals surface area contributed by atoms with E-state index in [2.05, 4.69) is 5.32 Å². The van der Waals surface area contributed by atoms with Crippen LogP contribution in [0.25, 0.3) is 0 Å². The second-order valence-electron chi connectivity index (χ2n) is 3.84. The first-order valence-corrected chi connectivity index (χ1v) is 5.66. The van der Waals surface area contributed by atoms with E-state index in [1.54, 1.807) is 24.3 Å². The average molecular weight is 242 g/mol. The molecule has 1 aromatic rings. The molecule has 0 heterocycles. The van der Waals surface area contributed by atoms with E-state index < -0.39 is 0 Å². The van der Waals surface area contributed by atoms with Crippen LogP contribution < -0.4 is 5.32 Å². The minimum Gasteiger partial charge on any atom is -0.396 e. The van der Waals surface area contributed by atoms with Gasteiger partial charge in [-0.25, -0.2) is 0 Å². The van der Waals surface area contributed by atoms with Crippen LogP contribution in [0.4, 0.5) is 0 Å². The maximum Gasteiger partial charge on any atom is 0.251 e. The van der Waals surface area contributed by atoms with Crippen LogP contribution in [0.15, 0.2) is 24.3 Å². The molecular formula is C12H16ClNO2. The van der Waals surface area contributed by atoms with Crippen molar-refractivity contribution in [3.63, 3.8) is 0 Å². The third kappa shape index (κ3) is 4.21. The highest BCUT2D eigenvalue weighted by atomic mass is 35.5. The minimum absolute atomic E-state index is 0.132. The summed E-state index contributed by atoms with van der Waals surface area (Å²) in [6.07, 6.45) is 0.690. The number of nitrogens with one attached hydrogen (secondary N) is 1. The monoisotopic (exact) mass is 241 g/mol. The van der Waals surface area contributed by atoms with Crippen LogP contribution in [0.3, 0.4) is 0 Å². The van der Waals surface area contributed by atoms with Gasteiger partial charge in [0.25, 0.3) is 5.91 Å². The van der Waals surface area contributed by atoms with Gasteiger partial charge < -0.3 is 10.4 Å². The SMILES string of the molecule is C[C@@H](CCO)CNC(=O)c1cccc(Cl)c1. The summed E-state index contributed by atoms with van der Waals surface area (Å²) in [5.41, 5.74) is 0.559. The summed E-state index contributed by atoms with van der Waals surface area (Å²) in [5, 5.41) is 12.1. The molecule has 1 amide bonds. The summed E-state index contributed by atoms with van der Waals surface area (Å²) in [6.45, 7) is 2.69. The summed E-state index contributed by atoms with van der Waals surface area (Å²) < 4.78 is 0. The molecule has 0 aromatic heterocycles. The first kappa shape index (κ1) is 13.0. The van der Waals surface area contributed by atoms with Gasteiger partial charge in [-0.15, -0.1) is 0 Å². The fourth-order valence-electron chi connectivity index (χ4n) is 1.32. The lowest BCUT2D eigenvalue weighted by Gasteiger charge is -2.11. The fourth-order valence-corrected chi connectivity index (χ4v) is 1.51. The highest BCUT2D eigenvalue weighted by Gasteiger charge is 2.07. The van der Waals surface area contributed by atoms with Gasteiger partial charge in [-0.2, -0.15) is 0 Å². The zero-order valence-corrected chi connectivity index (χ0v) is 10.00. The molecule has 0 saturated carbocycles. The Morgan fingerprint density at radius 1 is 1.56 bits per heavy atom. The molecule has 0 aliphatic rings. The summed E-state index contributed by atoms with van der Waals surface area (Å²) in [4.78, 5) is 11.7. The van der Waals surface area contributed by atoms with E-state index in [-0.39, 0.29) is 18.4 Å². The molecule has 0 bridgehead atoms. The number of hydrogen-bond donors (Lipinski definition) is 2. The van der Waals surface area contributed by atoms with Crippen molar-refractivity contribution >= 4 is 17.5 Å². The van der Waals surface area contributed by atoms with Crippen LogP contribution in [-0.4, -0.2) is 24.2 Å². The Bertz CT molecular complexity index is 355. The van der Waals surface area contributed by atoms with Gasteiger partial charge in [0.1, 0.15) is 0 Å². The number of halogens is 1. The predicted molar refractivity (Wildman–Crippen MR) is 64.7 cm³/mol. The van der Waals surface area contributed by atoms with E-state index in [0.29, 0.717) is 23.6 Å². The van der Waals surface area contributed by atoms with Crippen LogP contribution in [0.5, 0.6) is 0 Å². The molecule has 4 heteroatoms. The number of rotatable bonds is 5. The summed E-state index contributed by atoms with van der Waals surface area (Å²) in [5.74, 6) is 0.139. The summed E-state index contributed by atoms with van der Waals surface area (Å²) in [7, 11) is 0. The summed E-state index contributed by atoms with van der Waals surface area (Å²) >= 11 is 5.79. The maximum absolute atomic E-state index is 11.7. The molecular weight excluding hydrogens is 226 g/mol. The smallest absolute Gasteiger partial charge is 0.251 e. The third-order valence-corrected chi connectivity index (χ3v) is 2.55. The average Bonchev–Trinajstić information content (AvgIpc) is 2.26. The molecule has 1 rings (SSSR count). The molecule has 0 aliphatic heterocycles. The number of aliphatic hydroxyl groups is 1. The molecule has 88 valence electrons. The Balaban J connectivity index is 2.47. The van der Waals surface area contributed by atoms with Crippen molar-refractivity contribution < 1.29 is 9.90 Å². The van der Waals surface area contributed by atoms with Crippen LogP contribution in [0.1, 0.15) is 23.7 Å². The van der Waals surface area contributed by atoms with Crippen molar-refractivity contribution in [3.8, 4) is 0 Å². The van der Waals surface area contributed by atoms with Crippen molar-refractivity contribution in [2.45, 2.75) is 13.3 Å². The van der Waals surface area contributed by atoms with Gasteiger partial charge >= 0.3 is 0 Å². The van der Waals surface area contributed by atoms with Crippen molar-refractivity contribution in [1.29, 1.82) is 0 Å². The van der Waals surface area contributed by atoms with Gasteiger partial charge in [-0.1, -0.05) is 24.6 Å². The molecule has 0 fully saturated rings. The Kier molecular flexibility index (Phi) is 5.29. The van der Waals surface area contributed by atoms with Gasteiger partial charge in [0.15, 0.2) is 0 Å². The molecule has 0 unspecified atom stereocenters. The molecule has 1 aromatic carbocycles. The van der Waals surface area contributed by atoms with Crippen LogP contribution in [-0.2, 0) is 0 Å². The van der Waals surface area contributed by atoms with Gasteiger partial charge in [-0.3, -0.25) is 4.79 Å². The highest BCUT2D eigenvalue weighted by Crippen LogP contribution is 2.10. The van der Waals surface area contributed by atoms with Gasteiger partial charge in [0.05, 0.1) is 0 Å². The molecule has 16 heavy (non-hydrogen) atoms. The number of benzene rings is 1. The first-order valence-electron chi connectivity index (χ1n) is 5.28.